The third kappa shape index (κ3) is 2.71. The van der Waals surface area contributed by atoms with Crippen LogP contribution in [0.5, 0.6) is 0 Å². The van der Waals surface area contributed by atoms with Crippen LogP contribution in [0.3, 0.4) is 0 Å². The van der Waals surface area contributed by atoms with E-state index in [9.17, 15) is 9.59 Å². The summed E-state index contributed by atoms with van der Waals surface area (Å²) in [5.41, 5.74) is 2.02. The quantitative estimate of drug-likeness (QED) is 0.798. The highest BCUT2D eigenvalue weighted by Crippen LogP contribution is 2.10. The van der Waals surface area contributed by atoms with Crippen LogP contribution in [0.1, 0.15) is 5.69 Å². The van der Waals surface area contributed by atoms with Crippen LogP contribution in [-0.2, 0) is 11.3 Å². The van der Waals surface area contributed by atoms with E-state index in [1.54, 1.807) is 37.5 Å². The van der Waals surface area contributed by atoms with E-state index in [0.29, 0.717) is 22.4 Å². The summed E-state index contributed by atoms with van der Waals surface area (Å²) in [6.07, 6.45) is 3.18. The predicted octanol–water partition coefficient (Wildman–Crippen LogP) is 1.74. The fourth-order valence-corrected chi connectivity index (χ4v) is 2.26. The molecule has 0 aliphatic carbocycles. The SMILES string of the molecule is Cc1nc2ccccc2n(CC(=O)Nc2cccnc2)c1=O. The van der Waals surface area contributed by atoms with Gasteiger partial charge in [0.15, 0.2) is 0 Å². The third-order valence-corrected chi connectivity index (χ3v) is 3.26. The van der Waals surface area contributed by atoms with Crippen LogP contribution >= 0.6 is 0 Å². The Labute approximate surface area is 126 Å². The average molecular weight is 294 g/mol. The van der Waals surface area contributed by atoms with Gasteiger partial charge in [0.05, 0.1) is 22.9 Å². The number of hydrogen-bond acceptors (Lipinski definition) is 4. The number of amides is 1. The van der Waals surface area contributed by atoms with Crippen molar-refractivity contribution in [2.24, 2.45) is 0 Å². The van der Waals surface area contributed by atoms with Crippen molar-refractivity contribution in [3.63, 3.8) is 0 Å². The molecule has 0 fully saturated rings. The minimum Gasteiger partial charge on any atom is -0.323 e. The van der Waals surface area contributed by atoms with Gasteiger partial charge in [-0.3, -0.25) is 19.1 Å². The summed E-state index contributed by atoms with van der Waals surface area (Å²) in [5, 5.41) is 2.72. The monoisotopic (exact) mass is 294 g/mol. The van der Waals surface area contributed by atoms with Gasteiger partial charge < -0.3 is 5.32 Å². The maximum absolute atomic E-state index is 12.3. The van der Waals surface area contributed by atoms with Gasteiger partial charge in [-0.05, 0) is 31.2 Å². The zero-order valence-corrected chi connectivity index (χ0v) is 12.0. The van der Waals surface area contributed by atoms with Crippen LogP contribution < -0.4 is 10.9 Å². The van der Waals surface area contributed by atoms with Crippen LogP contribution in [0.4, 0.5) is 5.69 Å². The fraction of sp³-hybridized carbons (Fsp3) is 0.125. The highest BCUT2D eigenvalue weighted by molar-refractivity contribution is 5.91. The molecule has 0 aliphatic heterocycles. The summed E-state index contributed by atoms with van der Waals surface area (Å²) < 4.78 is 1.43. The Morgan fingerprint density at radius 1 is 1.23 bits per heavy atom. The largest absolute Gasteiger partial charge is 0.323 e. The van der Waals surface area contributed by atoms with Crippen molar-refractivity contribution in [3.8, 4) is 0 Å². The molecule has 22 heavy (non-hydrogen) atoms. The molecule has 0 saturated heterocycles. The zero-order chi connectivity index (χ0) is 15.5. The van der Waals surface area contributed by atoms with E-state index < -0.39 is 0 Å². The molecular weight excluding hydrogens is 280 g/mol. The van der Waals surface area contributed by atoms with Crippen molar-refractivity contribution >= 4 is 22.6 Å². The van der Waals surface area contributed by atoms with E-state index in [2.05, 4.69) is 15.3 Å². The number of hydrogen-bond donors (Lipinski definition) is 1. The first-order valence-corrected chi connectivity index (χ1v) is 6.81. The Balaban J connectivity index is 1.95. The molecule has 0 unspecified atom stereocenters. The summed E-state index contributed by atoms with van der Waals surface area (Å²) >= 11 is 0. The molecule has 0 atom stereocenters. The number of rotatable bonds is 3. The minimum absolute atomic E-state index is 0.0718. The van der Waals surface area contributed by atoms with Gasteiger partial charge >= 0.3 is 0 Å². The van der Waals surface area contributed by atoms with Crippen LogP contribution in [-0.4, -0.2) is 20.4 Å². The number of aromatic nitrogens is 3. The first kappa shape index (κ1) is 13.9. The second-order valence-corrected chi connectivity index (χ2v) is 4.87. The highest BCUT2D eigenvalue weighted by atomic mass is 16.2. The summed E-state index contributed by atoms with van der Waals surface area (Å²) in [5.74, 6) is -0.286. The number of carbonyl (C=O) groups excluding carboxylic acids is 1. The number of carbonyl (C=O) groups is 1. The van der Waals surface area contributed by atoms with Gasteiger partial charge in [0.2, 0.25) is 5.91 Å². The molecule has 0 radical (unpaired) electrons. The number of para-hydroxylation sites is 2. The van der Waals surface area contributed by atoms with Crippen molar-refractivity contribution in [3.05, 3.63) is 64.8 Å². The van der Waals surface area contributed by atoms with Crippen LogP contribution in [0.25, 0.3) is 11.0 Å². The molecule has 6 nitrogen and oxygen atoms in total. The molecule has 3 rings (SSSR count). The van der Waals surface area contributed by atoms with E-state index >= 15 is 0 Å². The Bertz CT molecular complexity index is 888. The molecule has 0 bridgehead atoms. The Morgan fingerprint density at radius 2 is 2.05 bits per heavy atom. The lowest BCUT2D eigenvalue weighted by molar-refractivity contribution is -0.116. The lowest BCUT2D eigenvalue weighted by Crippen LogP contribution is -2.30. The van der Waals surface area contributed by atoms with Gasteiger partial charge in [-0.15, -0.1) is 0 Å². The van der Waals surface area contributed by atoms with Crippen LogP contribution in [0.2, 0.25) is 0 Å². The standard InChI is InChI=1S/C16H14N4O2/c1-11-16(22)20(14-7-3-2-6-13(14)18-11)10-15(21)19-12-5-4-8-17-9-12/h2-9H,10H2,1H3,(H,19,21). The Kier molecular flexibility index (Phi) is 3.65. The van der Waals surface area contributed by atoms with E-state index in [4.69, 9.17) is 0 Å². The highest BCUT2D eigenvalue weighted by Gasteiger charge is 2.11. The van der Waals surface area contributed by atoms with Gasteiger partial charge in [0, 0.05) is 6.20 Å². The molecule has 6 heteroatoms. The van der Waals surface area contributed by atoms with Gasteiger partial charge in [-0.1, -0.05) is 12.1 Å². The number of nitrogens with zero attached hydrogens (tertiary/aromatic N) is 3. The molecular formula is C16H14N4O2. The summed E-state index contributed by atoms with van der Waals surface area (Å²) in [7, 11) is 0. The van der Waals surface area contributed by atoms with E-state index in [1.165, 1.54) is 4.57 Å². The molecule has 0 aliphatic rings. The van der Waals surface area contributed by atoms with E-state index in [-0.39, 0.29) is 18.0 Å². The van der Waals surface area contributed by atoms with Crippen molar-refractivity contribution in [1.82, 2.24) is 14.5 Å². The molecule has 1 aromatic carbocycles. The fourth-order valence-electron chi connectivity index (χ4n) is 2.26. The van der Waals surface area contributed by atoms with Crippen LogP contribution in [0.15, 0.2) is 53.6 Å². The summed E-state index contributed by atoms with van der Waals surface area (Å²) in [6, 6.07) is 10.7. The number of aryl methyl sites for hydroxylation is 1. The second-order valence-electron chi connectivity index (χ2n) is 4.87. The maximum Gasteiger partial charge on any atom is 0.272 e. The van der Waals surface area contributed by atoms with E-state index in [1.807, 2.05) is 18.2 Å². The molecule has 2 heterocycles. The van der Waals surface area contributed by atoms with Crippen molar-refractivity contribution in [2.45, 2.75) is 13.5 Å². The van der Waals surface area contributed by atoms with Gasteiger partial charge in [-0.2, -0.15) is 0 Å². The number of benzene rings is 1. The normalized spacial score (nSPS) is 10.6. The lowest BCUT2D eigenvalue weighted by atomic mass is 10.2. The van der Waals surface area contributed by atoms with Gasteiger partial charge in [0.25, 0.3) is 5.56 Å². The molecule has 0 saturated carbocycles. The van der Waals surface area contributed by atoms with Crippen molar-refractivity contribution < 1.29 is 4.79 Å². The molecule has 2 aromatic heterocycles. The van der Waals surface area contributed by atoms with E-state index in [0.717, 1.165) is 0 Å². The third-order valence-electron chi connectivity index (χ3n) is 3.26. The van der Waals surface area contributed by atoms with Crippen LogP contribution in [0, 0.1) is 6.92 Å². The smallest absolute Gasteiger partial charge is 0.272 e. The first-order valence-electron chi connectivity index (χ1n) is 6.81. The molecule has 1 N–H and O–H groups in total. The molecule has 110 valence electrons. The van der Waals surface area contributed by atoms with Crippen molar-refractivity contribution in [2.75, 3.05) is 5.32 Å². The van der Waals surface area contributed by atoms with Gasteiger partial charge in [-0.25, -0.2) is 4.98 Å². The lowest BCUT2D eigenvalue weighted by Gasteiger charge is -2.11. The molecule has 3 aromatic rings. The minimum atomic E-state index is -0.286. The number of anilines is 1. The number of nitrogens with one attached hydrogen (secondary N) is 1. The molecule has 0 spiro atoms. The topological polar surface area (TPSA) is 76.9 Å². The predicted molar refractivity (Wildman–Crippen MR) is 83.6 cm³/mol. The number of pyridine rings is 1. The zero-order valence-electron chi connectivity index (χ0n) is 12.0. The van der Waals surface area contributed by atoms with Gasteiger partial charge in [0.1, 0.15) is 12.2 Å². The Morgan fingerprint density at radius 3 is 2.82 bits per heavy atom. The summed E-state index contributed by atoms with van der Waals surface area (Å²) in [4.78, 5) is 32.6. The number of fused-ring (bicyclic) bond motifs is 1. The Hall–Kier alpha value is -3.02. The molecule has 1 amide bonds. The van der Waals surface area contributed by atoms with Crippen molar-refractivity contribution in [1.29, 1.82) is 0 Å². The maximum atomic E-state index is 12.3. The second kappa shape index (κ2) is 5.77. The average Bonchev–Trinajstić information content (AvgIpc) is 2.53. The first-order chi connectivity index (χ1) is 10.6. The summed E-state index contributed by atoms with van der Waals surface area (Å²) in [6.45, 7) is 1.57.